The predicted molar refractivity (Wildman–Crippen MR) is 111 cm³/mol. The molecule has 5 nitrogen and oxygen atoms in total. The highest BCUT2D eigenvalue weighted by molar-refractivity contribution is 5.72. The Bertz CT molecular complexity index is 977. The van der Waals surface area contributed by atoms with Gasteiger partial charge in [0.2, 0.25) is 0 Å². The summed E-state index contributed by atoms with van der Waals surface area (Å²) >= 11 is 0. The van der Waals surface area contributed by atoms with E-state index in [0.29, 0.717) is 0 Å². The van der Waals surface area contributed by atoms with Gasteiger partial charge in [-0.25, -0.2) is 4.98 Å². The first-order valence-corrected chi connectivity index (χ1v) is 9.13. The summed E-state index contributed by atoms with van der Waals surface area (Å²) < 4.78 is 0. The van der Waals surface area contributed by atoms with Gasteiger partial charge in [0, 0.05) is 30.7 Å². The van der Waals surface area contributed by atoms with Crippen LogP contribution in [0.25, 0.3) is 22.5 Å². The van der Waals surface area contributed by atoms with Crippen LogP contribution in [-0.2, 0) is 6.42 Å². The number of nitrogens with one attached hydrogen (secondary N) is 1. The molecule has 0 fully saturated rings. The number of hydrogen-bond donors (Lipinski definition) is 2. The highest BCUT2D eigenvalue weighted by Crippen LogP contribution is 2.26. The first-order valence-electron chi connectivity index (χ1n) is 9.13. The Morgan fingerprint density at radius 2 is 1.71 bits per heavy atom. The number of aromatic hydroxyl groups is 1. The number of nitrogens with zero attached hydrogens (tertiary/aromatic N) is 3. The molecule has 0 aliphatic heterocycles. The molecule has 0 aliphatic carbocycles. The normalized spacial score (nSPS) is 10.6. The van der Waals surface area contributed by atoms with Gasteiger partial charge in [0.1, 0.15) is 11.6 Å². The summed E-state index contributed by atoms with van der Waals surface area (Å²) in [6.07, 6.45) is 6.21. The zero-order valence-corrected chi connectivity index (χ0v) is 15.3. The fourth-order valence-electron chi connectivity index (χ4n) is 2.96. The Morgan fingerprint density at radius 3 is 2.46 bits per heavy atom. The lowest BCUT2D eigenvalue weighted by molar-refractivity contribution is 0.475. The minimum atomic E-state index is 0.280. The molecule has 0 radical (unpaired) electrons. The van der Waals surface area contributed by atoms with E-state index in [1.807, 2.05) is 60.8 Å². The first kappa shape index (κ1) is 17.7. The number of rotatable bonds is 6. The molecule has 4 rings (SSSR count). The van der Waals surface area contributed by atoms with Crippen molar-refractivity contribution in [3.63, 3.8) is 0 Å². The Labute approximate surface area is 163 Å². The van der Waals surface area contributed by atoms with Crippen molar-refractivity contribution in [2.24, 2.45) is 0 Å². The topological polar surface area (TPSA) is 70.9 Å². The molecule has 0 saturated carbocycles. The molecule has 28 heavy (non-hydrogen) atoms. The van der Waals surface area contributed by atoms with Crippen LogP contribution >= 0.6 is 0 Å². The minimum absolute atomic E-state index is 0.280. The number of hydrogen-bond acceptors (Lipinski definition) is 5. The van der Waals surface area contributed by atoms with Crippen molar-refractivity contribution in [1.82, 2.24) is 15.0 Å². The van der Waals surface area contributed by atoms with Crippen LogP contribution in [0.3, 0.4) is 0 Å². The quantitative estimate of drug-likeness (QED) is 0.522. The second-order valence-electron chi connectivity index (χ2n) is 6.43. The highest BCUT2D eigenvalue weighted by Gasteiger charge is 2.08. The Morgan fingerprint density at radius 1 is 0.821 bits per heavy atom. The van der Waals surface area contributed by atoms with Crippen LogP contribution in [0.5, 0.6) is 5.75 Å². The molecule has 0 spiro atoms. The van der Waals surface area contributed by atoms with Crippen LogP contribution in [0.2, 0.25) is 0 Å². The minimum Gasteiger partial charge on any atom is -0.508 e. The molecule has 0 saturated heterocycles. The van der Waals surface area contributed by atoms with E-state index in [1.54, 1.807) is 24.5 Å². The summed E-state index contributed by atoms with van der Waals surface area (Å²) in [5, 5.41) is 12.8. The molecule has 4 aromatic rings. The van der Waals surface area contributed by atoms with Crippen LogP contribution in [0.15, 0.2) is 85.3 Å². The maximum absolute atomic E-state index is 9.40. The molecule has 0 aliphatic rings. The first-order chi connectivity index (χ1) is 13.8. The molecular formula is C23H20N4O. The van der Waals surface area contributed by atoms with Gasteiger partial charge in [-0.1, -0.05) is 24.3 Å². The molecule has 5 heteroatoms. The monoisotopic (exact) mass is 368 g/mol. The smallest absolute Gasteiger partial charge is 0.127 e. The second-order valence-corrected chi connectivity index (χ2v) is 6.43. The van der Waals surface area contributed by atoms with E-state index in [-0.39, 0.29) is 5.75 Å². The molecule has 1 aromatic carbocycles. The molecule has 0 unspecified atom stereocenters. The van der Waals surface area contributed by atoms with Crippen LogP contribution in [-0.4, -0.2) is 26.6 Å². The van der Waals surface area contributed by atoms with Crippen molar-refractivity contribution in [2.75, 3.05) is 11.9 Å². The van der Waals surface area contributed by atoms with E-state index >= 15 is 0 Å². The molecule has 138 valence electrons. The summed E-state index contributed by atoms with van der Waals surface area (Å²) in [7, 11) is 0. The number of aromatic nitrogens is 3. The van der Waals surface area contributed by atoms with Crippen LogP contribution in [0.1, 0.15) is 5.56 Å². The summed E-state index contributed by atoms with van der Waals surface area (Å²) in [5.41, 5.74) is 4.86. The van der Waals surface area contributed by atoms with E-state index in [0.717, 1.165) is 46.9 Å². The molecular weight excluding hydrogens is 348 g/mol. The maximum Gasteiger partial charge on any atom is 0.127 e. The summed E-state index contributed by atoms with van der Waals surface area (Å²) in [4.78, 5) is 13.4. The van der Waals surface area contributed by atoms with Gasteiger partial charge < -0.3 is 10.4 Å². The van der Waals surface area contributed by atoms with Gasteiger partial charge in [-0.05, 0) is 60.0 Å². The lowest BCUT2D eigenvalue weighted by atomic mass is 10.1. The zero-order valence-electron chi connectivity index (χ0n) is 15.3. The van der Waals surface area contributed by atoms with Crippen LogP contribution in [0, 0.1) is 0 Å². The van der Waals surface area contributed by atoms with E-state index < -0.39 is 0 Å². The molecule has 0 bridgehead atoms. The summed E-state index contributed by atoms with van der Waals surface area (Å²) in [6.45, 7) is 0.732. The van der Waals surface area contributed by atoms with Crippen molar-refractivity contribution < 1.29 is 5.11 Å². The third-order valence-corrected chi connectivity index (χ3v) is 4.40. The van der Waals surface area contributed by atoms with E-state index in [9.17, 15) is 5.11 Å². The van der Waals surface area contributed by atoms with Gasteiger partial charge in [-0.15, -0.1) is 0 Å². The largest absolute Gasteiger partial charge is 0.508 e. The van der Waals surface area contributed by atoms with Crippen LogP contribution in [0.4, 0.5) is 5.82 Å². The van der Waals surface area contributed by atoms with Crippen LogP contribution < -0.4 is 5.32 Å². The highest BCUT2D eigenvalue weighted by atomic mass is 16.3. The van der Waals surface area contributed by atoms with Gasteiger partial charge in [-0.3, -0.25) is 9.97 Å². The van der Waals surface area contributed by atoms with Crippen molar-refractivity contribution in [3.8, 4) is 28.3 Å². The molecule has 3 aromatic heterocycles. The number of phenolic OH excluding ortho intramolecular Hbond substituents is 1. The van der Waals surface area contributed by atoms with Crippen molar-refractivity contribution >= 4 is 5.82 Å². The number of benzene rings is 1. The SMILES string of the molecule is Oc1ccc(CCNc2cc(-c3cccnc3)cc(-c3ccccn3)n2)cc1. The van der Waals surface area contributed by atoms with Gasteiger partial charge in [0.05, 0.1) is 11.4 Å². The van der Waals surface area contributed by atoms with Gasteiger partial charge in [0.25, 0.3) is 0 Å². The molecule has 0 amide bonds. The van der Waals surface area contributed by atoms with Gasteiger partial charge >= 0.3 is 0 Å². The molecule has 3 heterocycles. The lowest BCUT2D eigenvalue weighted by Gasteiger charge is -2.11. The van der Waals surface area contributed by atoms with Gasteiger partial charge in [0.15, 0.2) is 0 Å². The fraction of sp³-hybridized carbons (Fsp3) is 0.0870. The average Bonchev–Trinajstić information content (AvgIpc) is 2.76. The summed E-state index contributed by atoms with van der Waals surface area (Å²) in [5.74, 6) is 1.07. The molecule has 0 atom stereocenters. The zero-order chi connectivity index (χ0) is 19.2. The Hall–Kier alpha value is -3.73. The van der Waals surface area contributed by atoms with E-state index in [2.05, 4.69) is 15.3 Å². The predicted octanol–water partition coefficient (Wildman–Crippen LogP) is 4.57. The maximum atomic E-state index is 9.40. The second kappa shape index (κ2) is 8.31. The standard InChI is InChI=1S/C23H20N4O/c28-20-8-6-17(7-9-20)10-13-26-23-15-19(18-4-3-11-24-16-18)14-22(27-23)21-5-1-2-12-25-21/h1-9,11-12,14-16,28H,10,13H2,(H,26,27). The van der Waals surface area contributed by atoms with Crippen molar-refractivity contribution in [1.29, 1.82) is 0 Å². The average molecular weight is 368 g/mol. The number of phenols is 1. The Balaban J connectivity index is 1.59. The molecule has 2 N–H and O–H groups in total. The number of anilines is 1. The van der Waals surface area contributed by atoms with E-state index in [1.165, 1.54) is 0 Å². The van der Waals surface area contributed by atoms with Crippen molar-refractivity contribution in [2.45, 2.75) is 6.42 Å². The fourth-order valence-corrected chi connectivity index (χ4v) is 2.96. The third-order valence-electron chi connectivity index (χ3n) is 4.40. The van der Waals surface area contributed by atoms with Crippen molar-refractivity contribution in [3.05, 3.63) is 90.9 Å². The number of pyridine rings is 3. The van der Waals surface area contributed by atoms with E-state index in [4.69, 9.17) is 4.98 Å². The Kier molecular flexibility index (Phi) is 5.24. The lowest BCUT2D eigenvalue weighted by Crippen LogP contribution is -2.07. The van der Waals surface area contributed by atoms with Gasteiger partial charge in [-0.2, -0.15) is 0 Å². The summed E-state index contributed by atoms with van der Waals surface area (Å²) in [6, 6.07) is 21.1. The third kappa shape index (κ3) is 4.32.